The van der Waals surface area contributed by atoms with E-state index in [2.05, 4.69) is 32.9 Å². The Labute approximate surface area is 119 Å². The lowest BCUT2D eigenvalue weighted by atomic mass is 10.0. The summed E-state index contributed by atoms with van der Waals surface area (Å²) in [6.07, 6.45) is 0. The summed E-state index contributed by atoms with van der Waals surface area (Å²) in [6.45, 7) is 9.12. The average Bonchev–Trinajstić information content (AvgIpc) is 2.42. The van der Waals surface area contributed by atoms with Crippen LogP contribution in [0.1, 0.15) is 22.3 Å². The van der Waals surface area contributed by atoms with Gasteiger partial charge >= 0.3 is 0 Å². The van der Waals surface area contributed by atoms with Crippen LogP contribution in [0.4, 0.5) is 4.79 Å². The Hall–Kier alpha value is -1.00. The molecule has 1 saturated heterocycles. The lowest BCUT2D eigenvalue weighted by molar-refractivity contribution is 0.0593. The highest BCUT2D eigenvalue weighted by atomic mass is 32.2. The summed E-state index contributed by atoms with van der Waals surface area (Å²) in [4.78, 5) is 13.9. The molecule has 0 aromatic heterocycles. The van der Waals surface area contributed by atoms with Crippen molar-refractivity contribution in [3.8, 4) is 0 Å². The molecule has 1 aliphatic heterocycles. The maximum Gasteiger partial charge on any atom is 0.282 e. The van der Waals surface area contributed by atoms with E-state index in [0.29, 0.717) is 13.2 Å². The first kappa shape index (κ1) is 14.4. The number of carbonyl (C=O) groups excluding carboxylic acids is 1. The maximum atomic E-state index is 12.1. The second kappa shape index (κ2) is 6.44. The SMILES string of the molecule is Cc1cc(C)c(CSC(=O)N2CCOCC2)cc1C. The van der Waals surface area contributed by atoms with Gasteiger partial charge in [0.1, 0.15) is 0 Å². The molecule has 0 atom stereocenters. The maximum absolute atomic E-state index is 12.1. The van der Waals surface area contributed by atoms with Crippen molar-refractivity contribution in [2.75, 3.05) is 26.3 Å². The van der Waals surface area contributed by atoms with Gasteiger partial charge in [-0.2, -0.15) is 0 Å². The molecule has 1 amide bonds. The number of nitrogens with zero attached hydrogens (tertiary/aromatic N) is 1. The van der Waals surface area contributed by atoms with Gasteiger partial charge in [0.05, 0.1) is 13.2 Å². The van der Waals surface area contributed by atoms with Crippen molar-refractivity contribution in [3.63, 3.8) is 0 Å². The van der Waals surface area contributed by atoms with Crippen LogP contribution in [0, 0.1) is 20.8 Å². The van der Waals surface area contributed by atoms with Crippen LogP contribution in [0.5, 0.6) is 0 Å². The summed E-state index contributed by atoms with van der Waals surface area (Å²) in [5.74, 6) is 0.753. The van der Waals surface area contributed by atoms with E-state index in [-0.39, 0.29) is 5.24 Å². The molecule has 1 fully saturated rings. The third-order valence-electron chi connectivity index (χ3n) is 3.57. The van der Waals surface area contributed by atoms with E-state index in [1.807, 2.05) is 4.90 Å². The summed E-state index contributed by atoms with van der Waals surface area (Å²) in [5.41, 5.74) is 5.13. The fourth-order valence-electron chi connectivity index (χ4n) is 2.15. The van der Waals surface area contributed by atoms with Crippen LogP contribution in [0.3, 0.4) is 0 Å². The number of hydrogen-bond donors (Lipinski definition) is 0. The van der Waals surface area contributed by atoms with Gasteiger partial charge in [0.2, 0.25) is 0 Å². The zero-order valence-electron chi connectivity index (χ0n) is 11.9. The number of carbonyl (C=O) groups is 1. The zero-order valence-corrected chi connectivity index (χ0v) is 12.7. The summed E-state index contributed by atoms with van der Waals surface area (Å²) < 4.78 is 5.26. The number of thioether (sulfide) groups is 1. The summed E-state index contributed by atoms with van der Waals surface area (Å²) >= 11 is 1.40. The average molecular weight is 279 g/mol. The number of ether oxygens (including phenoxy) is 1. The van der Waals surface area contributed by atoms with Gasteiger partial charge in [-0.1, -0.05) is 23.9 Å². The highest BCUT2D eigenvalue weighted by molar-refractivity contribution is 8.12. The molecule has 1 aliphatic rings. The van der Waals surface area contributed by atoms with Gasteiger partial charge in [0.25, 0.3) is 5.24 Å². The van der Waals surface area contributed by atoms with Crippen LogP contribution in [0.25, 0.3) is 0 Å². The van der Waals surface area contributed by atoms with Gasteiger partial charge in [-0.25, -0.2) is 0 Å². The molecule has 0 N–H and O–H groups in total. The minimum absolute atomic E-state index is 0.168. The van der Waals surface area contributed by atoms with E-state index >= 15 is 0 Å². The van der Waals surface area contributed by atoms with Crippen LogP contribution in [0.15, 0.2) is 12.1 Å². The lowest BCUT2D eigenvalue weighted by Crippen LogP contribution is -2.38. The number of benzene rings is 1. The predicted octanol–water partition coefficient (Wildman–Crippen LogP) is 3.30. The third-order valence-corrected chi connectivity index (χ3v) is 4.53. The van der Waals surface area contributed by atoms with E-state index in [4.69, 9.17) is 4.74 Å². The topological polar surface area (TPSA) is 29.5 Å². The Morgan fingerprint density at radius 2 is 1.79 bits per heavy atom. The van der Waals surface area contributed by atoms with Crippen LogP contribution < -0.4 is 0 Å². The lowest BCUT2D eigenvalue weighted by Gasteiger charge is -2.26. The quantitative estimate of drug-likeness (QED) is 0.832. The smallest absolute Gasteiger partial charge is 0.282 e. The molecule has 0 saturated carbocycles. The monoisotopic (exact) mass is 279 g/mol. The van der Waals surface area contributed by atoms with Crippen LogP contribution >= 0.6 is 11.8 Å². The first-order valence-electron chi connectivity index (χ1n) is 6.64. The molecule has 19 heavy (non-hydrogen) atoms. The molecule has 0 radical (unpaired) electrons. The Balaban J connectivity index is 1.94. The summed E-state index contributed by atoms with van der Waals surface area (Å²) in [6, 6.07) is 4.40. The van der Waals surface area contributed by atoms with Crippen LogP contribution in [0.2, 0.25) is 0 Å². The summed E-state index contributed by atoms with van der Waals surface area (Å²) in [5, 5.41) is 0.168. The number of rotatable bonds is 2. The molecule has 0 unspecified atom stereocenters. The van der Waals surface area contributed by atoms with Crippen molar-refractivity contribution < 1.29 is 9.53 Å². The van der Waals surface area contributed by atoms with Crippen molar-refractivity contribution in [3.05, 3.63) is 34.4 Å². The van der Waals surface area contributed by atoms with Crippen molar-refractivity contribution in [1.29, 1.82) is 0 Å². The minimum Gasteiger partial charge on any atom is -0.378 e. The largest absolute Gasteiger partial charge is 0.378 e. The normalized spacial score (nSPS) is 15.6. The van der Waals surface area contributed by atoms with Crippen LogP contribution in [-0.4, -0.2) is 36.4 Å². The molecule has 2 rings (SSSR count). The van der Waals surface area contributed by atoms with Gasteiger partial charge in [-0.15, -0.1) is 0 Å². The molecule has 104 valence electrons. The Morgan fingerprint density at radius 3 is 2.47 bits per heavy atom. The van der Waals surface area contributed by atoms with Gasteiger partial charge in [-0.3, -0.25) is 4.79 Å². The van der Waals surface area contributed by atoms with Crippen molar-refractivity contribution in [1.82, 2.24) is 4.90 Å². The zero-order chi connectivity index (χ0) is 13.8. The fraction of sp³-hybridized carbons (Fsp3) is 0.533. The van der Waals surface area contributed by atoms with Gasteiger partial charge in [-0.05, 0) is 43.0 Å². The highest BCUT2D eigenvalue weighted by Gasteiger charge is 2.17. The molecule has 1 aromatic carbocycles. The van der Waals surface area contributed by atoms with E-state index < -0.39 is 0 Å². The standard InChI is InChI=1S/C15H21NO2S/c1-11-8-13(3)14(9-12(11)2)10-19-15(17)16-4-6-18-7-5-16/h8-9H,4-7,10H2,1-3H3. The molecular formula is C15H21NO2S. The van der Waals surface area contributed by atoms with Gasteiger partial charge in [0.15, 0.2) is 0 Å². The number of morpholine rings is 1. The molecule has 4 heteroatoms. The second-order valence-corrected chi connectivity index (χ2v) is 5.94. The predicted molar refractivity (Wildman–Crippen MR) is 79.7 cm³/mol. The molecule has 0 spiro atoms. The van der Waals surface area contributed by atoms with E-state index in [1.165, 1.54) is 34.0 Å². The van der Waals surface area contributed by atoms with Gasteiger partial charge < -0.3 is 9.64 Å². The minimum atomic E-state index is 0.168. The molecule has 0 aliphatic carbocycles. The van der Waals surface area contributed by atoms with Gasteiger partial charge in [0, 0.05) is 18.8 Å². The Bertz CT molecular complexity index is 467. The van der Waals surface area contributed by atoms with E-state index in [9.17, 15) is 4.79 Å². The molecular weight excluding hydrogens is 258 g/mol. The van der Waals surface area contributed by atoms with E-state index in [1.54, 1.807) is 0 Å². The Morgan fingerprint density at radius 1 is 1.16 bits per heavy atom. The number of amides is 1. The van der Waals surface area contributed by atoms with Crippen molar-refractivity contribution in [2.45, 2.75) is 26.5 Å². The third kappa shape index (κ3) is 3.74. The highest BCUT2D eigenvalue weighted by Crippen LogP contribution is 2.22. The molecule has 3 nitrogen and oxygen atoms in total. The first-order valence-corrected chi connectivity index (χ1v) is 7.62. The first-order chi connectivity index (χ1) is 9.08. The summed E-state index contributed by atoms with van der Waals surface area (Å²) in [7, 11) is 0. The number of hydrogen-bond acceptors (Lipinski definition) is 3. The molecule has 0 bridgehead atoms. The fourth-order valence-corrected chi connectivity index (χ4v) is 3.11. The number of aryl methyl sites for hydroxylation is 3. The molecule has 1 heterocycles. The molecule has 1 aromatic rings. The van der Waals surface area contributed by atoms with E-state index in [0.717, 1.165) is 18.8 Å². The van der Waals surface area contributed by atoms with Crippen molar-refractivity contribution in [2.24, 2.45) is 0 Å². The van der Waals surface area contributed by atoms with Crippen LogP contribution in [-0.2, 0) is 10.5 Å². The second-order valence-electron chi connectivity index (χ2n) is 5.02. The van der Waals surface area contributed by atoms with Crippen molar-refractivity contribution >= 4 is 17.0 Å². The Kier molecular flexibility index (Phi) is 4.88.